The van der Waals surface area contributed by atoms with E-state index in [9.17, 15) is 9.59 Å². The normalized spacial score (nSPS) is 11.9. The second-order valence-corrected chi connectivity index (χ2v) is 7.59. The molecule has 2 heterocycles. The van der Waals surface area contributed by atoms with E-state index in [0.717, 1.165) is 33.9 Å². The van der Waals surface area contributed by atoms with Crippen molar-refractivity contribution >= 4 is 50.6 Å². The number of oxime groups is 1. The number of aryl methyl sites for hydroxylation is 1. The number of ketones is 1. The van der Waals surface area contributed by atoms with Gasteiger partial charge in [-0.15, -0.1) is 0 Å². The maximum Gasteiger partial charge on any atom is 0.331 e. The van der Waals surface area contributed by atoms with Crippen molar-refractivity contribution in [3.8, 4) is 0 Å². The van der Waals surface area contributed by atoms with E-state index in [2.05, 4.69) is 16.6 Å². The highest BCUT2D eigenvalue weighted by Crippen LogP contribution is 2.31. The first-order chi connectivity index (χ1) is 14.0. The Morgan fingerprint density at radius 2 is 1.62 bits per heavy atom. The standard InChI is InChI=1S/C23H20N2O3S/c1-4-25-21-7-5-16(14(2)24-28-15(3)26)11-19(21)20-12-17(6-8-22(20)25)23(27)18-9-10-29-13-18/h5-13H,4H2,1-3H3/b24-14-. The Kier molecular flexibility index (Phi) is 5.03. The van der Waals surface area contributed by atoms with Crippen molar-refractivity contribution in [2.24, 2.45) is 5.16 Å². The van der Waals surface area contributed by atoms with Crippen molar-refractivity contribution in [2.75, 3.05) is 0 Å². The second-order valence-electron chi connectivity index (χ2n) is 6.81. The van der Waals surface area contributed by atoms with Gasteiger partial charge in [0.2, 0.25) is 0 Å². The van der Waals surface area contributed by atoms with Crippen LogP contribution >= 0.6 is 11.3 Å². The monoisotopic (exact) mass is 404 g/mol. The molecule has 0 radical (unpaired) electrons. The molecule has 0 N–H and O–H groups in total. The Labute approximate surface area is 172 Å². The van der Waals surface area contributed by atoms with Crippen LogP contribution in [0.5, 0.6) is 0 Å². The van der Waals surface area contributed by atoms with Crippen LogP contribution in [-0.2, 0) is 16.2 Å². The Balaban J connectivity index is 1.89. The fourth-order valence-electron chi connectivity index (χ4n) is 3.56. The number of hydrogen-bond acceptors (Lipinski definition) is 5. The minimum atomic E-state index is -0.454. The van der Waals surface area contributed by atoms with Crippen molar-refractivity contribution in [3.05, 3.63) is 69.9 Å². The minimum absolute atomic E-state index is 0.0225. The lowest BCUT2D eigenvalue weighted by Crippen LogP contribution is -1.99. The molecule has 0 spiro atoms. The molecular weight excluding hydrogens is 384 g/mol. The van der Waals surface area contributed by atoms with E-state index in [1.807, 2.05) is 53.2 Å². The fraction of sp³-hybridized carbons (Fsp3) is 0.174. The van der Waals surface area contributed by atoms with E-state index >= 15 is 0 Å². The molecule has 2 aromatic heterocycles. The highest BCUT2D eigenvalue weighted by atomic mass is 32.1. The summed E-state index contributed by atoms with van der Waals surface area (Å²) in [5, 5.41) is 9.73. The summed E-state index contributed by atoms with van der Waals surface area (Å²) in [6.45, 7) is 6.04. The Bertz CT molecular complexity index is 1270. The van der Waals surface area contributed by atoms with Gasteiger partial charge in [-0.3, -0.25) is 4.79 Å². The molecule has 0 saturated carbocycles. The molecule has 2 aromatic carbocycles. The Morgan fingerprint density at radius 1 is 0.966 bits per heavy atom. The van der Waals surface area contributed by atoms with E-state index in [4.69, 9.17) is 4.84 Å². The van der Waals surface area contributed by atoms with E-state index in [1.165, 1.54) is 18.3 Å². The van der Waals surface area contributed by atoms with Crippen molar-refractivity contribution < 1.29 is 14.4 Å². The van der Waals surface area contributed by atoms with Gasteiger partial charge in [0.1, 0.15) is 0 Å². The Morgan fingerprint density at radius 3 is 2.21 bits per heavy atom. The molecule has 0 atom stereocenters. The lowest BCUT2D eigenvalue weighted by molar-refractivity contribution is -0.140. The number of carbonyl (C=O) groups excluding carboxylic acids is 2. The van der Waals surface area contributed by atoms with E-state index < -0.39 is 5.97 Å². The van der Waals surface area contributed by atoms with Crippen LogP contribution in [0.2, 0.25) is 0 Å². The number of fused-ring (bicyclic) bond motifs is 3. The van der Waals surface area contributed by atoms with Gasteiger partial charge < -0.3 is 9.40 Å². The molecule has 0 unspecified atom stereocenters. The second kappa shape index (κ2) is 7.64. The fourth-order valence-corrected chi connectivity index (χ4v) is 4.19. The molecule has 4 aromatic rings. The highest BCUT2D eigenvalue weighted by Gasteiger charge is 2.15. The molecule has 4 rings (SSSR count). The summed E-state index contributed by atoms with van der Waals surface area (Å²) >= 11 is 1.51. The van der Waals surface area contributed by atoms with Gasteiger partial charge in [0, 0.05) is 51.8 Å². The number of benzene rings is 2. The quantitative estimate of drug-likeness (QED) is 0.194. The molecule has 0 aliphatic carbocycles. The molecule has 0 bridgehead atoms. The average molecular weight is 404 g/mol. The third kappa shape index (κ3) is 3.47. The molecule has 146 valence electrons. The summed E-state index contributed by atoms with van der Waals surface area (Å²) in [5.74, 6) is -0.432. The van der Waals surface area contributed by atoms with Gasteiger partial charge in [0.25, 0.3) is 0 Å². The van der Waals surface area contributed by atoms with Crippen molar-refractivity contribution in [1.29, 1.82) is 0 Å². The molecule has 0 fully saturated rings. The van der Waals surface area contributed by atoms with Crippen LogP contribution < -0.4 is 0 Å². The zero-order valence-electron chi connectivity index (χ0n) is 16.4. The van der Waals surface area contributed by atoms with Crippen LogP contribution in [-0.4, -0.2) is 22.0 Å². The van der Waals surface area contributed by atoms with Gasteiger partial charge in [0.05, 0.1) is 5.71 Å². The predicted molar refractivity (Wildman–Crippen MR) is 117 cm³/mol. The third-order valence-electron chi connectivity index (χ3n) is 4.96. The van der Waals surface area contributed by atoms with Crippen LogP contribution in [0.1, 0.15) is 42.3 Å². The van der Waals surface area contributed by atoms with Crippen molar-refractivity contribution in [1.82, 2.24) is 4.57 Å². The predicted octanol–water partition coefficient (Wildman–Crippen LogP) is 5.39. The van der Waals surface area contributed by atoms with Crippen LogP contribution in [0.15, 0.2) is 58.4 Å². The first-order valence-electron chi connectivity index (χ1n) is 9.35. The summed E-state index contributed by atoms with van der Waals surface area (Å²) in [7, 11) is 0. The van der Waals surface area contributed by atoms with Crippen molar-refractivity contribution in [2.45, 2.75) is 27.3 Å². The van der Waals surface area contributed by atoms with Crippen LogP contribution in [0.3, 0.4) is 0 Å². The summed E-state index contributed by atoms with van der Waals surface area (Å²) in [6.07, 6.45) is 0. The highest BCUT2D eigenvalue weighted by molar-refractivity contribution is 7.08. The molecular formula is C23H20N2O3S. The van der Waals surface area contributed by atoms with Crippen LogP contribution in [0.4, 0.5) is 0 Å². The van der Waals surface area contributed by atoms with Gasteiger partial charge in [-0.2, -0.15) is 11.3 Å². The lowest BCUT2D eigenvalue weighted by atomic mass is 10.0. The molecule has 0 saturated heterocycles. The zero-order valence-corrected chi connectivity index (χ0v) is 17.2. The largest absolute Gasteiger partial charge is 0.341 e. The summed E-state index contributed by atoms with van der Waals surface area (Å²) in [6, 6.07) is 13.8. The number of rotatable bonds is 5. The zero-order chi connectivity index (χ0) is 20.5. The maximum absolute atomic E-state index is 12.8. The van der Waals surface area contributed by atoms with E-state index in [-0.39, 0.29) is 5.78 Å². The average Bonchev–Trinajstić information content (AvgIpc) is 3.36. The molecule has 0 aliphatic heterocycles. The van der Waals surface area contributed by atoms with Crippen LogP contribution in [0.25, 0.3) is 21.8 Å². The summed E-state index contributed by atoms with van der Waals surface area (Å²) < 4.78 is 2.23. The topological polar surface area (TPSA) is 60.7 Å². The molecule has 0 amide bonds. The first-order valence-corrected chi connectivity index (χ1v) is 10.3. The van der Waals surface area contributed by atoms with Gasteiger partial charge in [-0.05, 0) is 61.2 Å². The van der Waals surface area contributed by atoms with Gasteiger partial charge >= 0.3 is 5.97 Å². The molecule has 6 heteroatoms. The maximum atomic E-state index is 12.8. The summed E-state index contributed by atoms with van der Waals surface area (Å²) in [5.41, 5.74) is 5.02. The van der Waals surface area contributed by atoms with Crippen LogP contribution in [0, 0.1) is 0 Å². The molecule has 0 aliphatic rings. The summed E-state index contributed by atoms with van der Waals surface area (Å²) in [4.78, 5) is 28.6. The lowest BCUT2D eigenvalue weighted by Gasteiger charge is -2.04. The minimum Gasteiger partial charge on any atom is -0.341 e. The number of nitrogens with zero attached hydrogens (tertiary/aromatic N) is 2. The smallest absolute Gasteiger partial charge is 0.331 e. The number of carbonyl (C=O) groups is 2. The van der Waals surface area contributed by atoms with Gasteiger partial charge in [0.15, 0.2) is 5.78 Å². The molecule has 29 heavy (non-hydrogen) atoms. The molecule has 5 nitrogen and oxygen atoms in total. The first kappa shape index (κ1) is 19.1. The van der Waals surface area contributed by atoms with Crippen molar-refractivity contribution in [3.63, 3.8) is 0 Å². The number of aromatic nitrogens is 1. The SMILES string of the molecule is CCn1c2ccc(C(=O)c3ccsc3)cc2c2cc(/C(C)=N\OC(C)=O)ccc21. The van der Waals surface area contributed by atoms with E-state index in [1.54, 1.807) is 6.92 Å². The number of thiophene rings is 1. The van der Waals surface area contributed by atoms with E-state index in [0.29, 0.717) is 16.8 Å². The third-order valence-corrected chi connectivity index (χ3v) is 5.64. The Hall–Kier alpha value is -3.25. The van der Waals surface area contributed by atoms with Gasteiger partial charge in [-0.1, -0.05) is 11.2 Å². The number of hydrogen-bond donors (Lipinski definition) is 0. The van der Waals surface area contributed by atoms with Gasteiger partial charge in [-0.25, -0.2) is 4.79 Å².